The smallest absolute Gasteiger partial charge is 0.169 e. The number of imidazole rings is 1. The van der Waals surface area contributed by atoms with Crippen molar-refractivity contribution in [2.45, 2.75) is 19.8 Å². The first-order valence-corrected chi connectivity index (χ1v) is 5.80. The molecule has 0 saturated heterocycles. The van der Waals surface area contributed by atoms with E-state index in [-0.39, 0.29) is 5.15 Å². The predicted octanol–water partition coefficient (Wildman–Crippen LogP) is 3.67. The van der Waals surface area contributed by atoms with Crippen LogP contribution in [0, 0.1) is 0 Å². The standard InChI is InChI=1S/C13H13ClN2O/c1-8(2)9-3-5-10(6-4-9)13-15-11(7-17)12(14)16-13/h3-8H,1-2H3,(H,15,16). The molecule has 0 aliphatic heterocycles. The van der Waals surface area contributed by atoms with Crippen LogP contribution in [0.15, 0.2) is 24.3 Å². The van der Waals surface area contributed by atoms with Crippen molar-refractivity contribution in [1.82, 2.24) is 9.97 Å². The number of aromatic nitrogens is 2. The van der Waals surface area contributed by atoms with Crippen LogP contribution in [0.3, 0.4) is 0 Å². The molecule has 4 heteroatoms. The number of benzene rings is 1. The van der Waals surface area contributed by atoms with Gasteiger partial charge in [0.2, 0.25) is 0 Å². The van der Waals surface area contributed by atoms with E-state index in [9.17, 15) is 4.79 Å². The van der Waals surface area contributed by atoms with E-state index in [1.807, 2.05) is 12.1 Å². The third-order valence-electron chi connectivity index (χ3n) is 2.65. The number of nitrogens with one attached hydrogen (secondary N) is 1. The largest absolute Gasteiger partial charge is 0.334 e. The number of halogens is 1. The molecular formula is C13H13ClN2O. The van der Waals surface area contributed by atoms with Gasteiger partial charge >= 0.3 is 0 Å². The second-order valence-electron chi connectivity index (χ2n) is 4.18. The van der Waals surface area contributed by atoms with Crippen LogP contribution in [-0.2, 0) is 0 Å². The van der Waals surface area contributed by atoms with E-state index in [0.717, 1.165) is 5.56 Å². The first kappa shape index (κ1) is 11.9. The summed E-state index contributed by atoms with van der Waals surface area (Å²) in [6.45, 7) is 4.28. The first-order valence-electron chi connectivity index (χ1n) is 5.43. The lowest BCUT2D eigenvalue weighted by Crippen LogP contribution is -1.87. The summed E-state index contributed by atoms with van der Waals surface area (Å²) >= 11 is 5.80. The number of hydrogen-bond acceptors (Lipinski definition) is 2. The van der Waals surface area contributed by atoms with Gasteiger partial charge in [0.15, 0.2) is 11.4 Å². The molecule has 0 amide bonds. The van der Waals surface area contributed by atoms with Crippen LogP contribution in [0.25, 0.3) is 11.4 Å². The number of aromatic amines is 1. The molecule has 0 bridgehead atoms. The number of rotatable bonds is 3. The minimum absolute atomic E-state index is 0.211. The topological polar surface area (TPSA) is 45.8 Å². The van der Waals surface area contributed by atoms with Crippen LogP contribution >= 0.6 is 11.6 Å². The van der Waals surface area contributed by atoms with Crippen molar-refractivity contribution in [3.05, 3.63) is 40.7 Å². The van der Waals surface area contributed by atoms with E-state index in [1.165, 1.54) is 5.56 Å². The van der Waals surface area contributed by atoms with Crippen LogP contribution < -0.4 is 0 Å². The minimum Gasteiger partial charge on any atom is -0.334 e. The van der Waals surface area contributed by atoms with Gasteiger partial charge in [-0.05, 0) is 11.5 Å². The third-order valence-corrected chi connectivity index (χ3v) is 2.94. The van der Waals surface area contributed by atoms with Crippen molar-refractivity contribution in [2.24, 2.45) is 0 Å². The lowest BCUT2D eigenvalue weighted by Gasteiger charge is -2.05. The normalized spacial score (nSPS) is 10.8. The summed E-state index contributed by atoms with van der Waals surface area (Å²) in [6, 6.07) is 8.05. The number of aldehydes is 1. The van der Waals surface area contributed by atoms with Crippen molar-refractivity contribution in [1.29, 1.82) is 0 Å². The summed E-state index contributed by atoms with van der Waals surface area (Å²) in [5.74, 6) is 1.11. The monoisotopic (exact) mass is 248 g/mol. The van der Waals surface area contributed by atoms with Crippen molar-refractivity contribution in [3.8, 4) is 11.4 Å². The fourth-order valence-electron chi connectivity index (χ4n) is 1.61. The van der Waals surface area contributed by atoms with Crippen molar-refractivity contribution in [2.75, 3.05) is 0 Å². The first-order chi connectivity index (χ1) is 8.11. The summed E-state index contributed by atoms with van der Waals surface area (Å²) in [5, 5.41) is 0.211. The van der Waals surface area contributed by atoms with Gasteiger partial charge in [0.1, 0.15) is 11.5 Å². The molecular weight excluding hydrogens is 236 g/mol. The van der Waals surface area contributed by atoms with E-state index in [4.69, 9.17) is 11.6 Å². The summed E-state index contributed by atoms with van der Waals surface area (Å²) < 4.78 is 0. The van der Waals surface area contributed by atoms with Gasteiger partial charge in [0.05, 0.1) is 0 Å². The van der Waals surface area contributed by atoms with Gasteiger partial charge < -0.3 is 4.98 Å². The number of carbonyl (C=O) groups excluding carboxylic acids is 1. The van der Waals surface area contributed by atoms with Gasteiger partial charge in [0.25, 0.3) is 0 Å². The Morgan fingerprint density at radius 1 is 1.29 bits per heavy atom. The van der Waals surface area contributed by atoms with Crippen molar-refractivity contribution in [3.63, 3.8) is 0 Å². The molecule has 2 aromatic rings. The highest BCUT2D eigenvalue weighted by atomic mass is 35.5. The second kappa shape index (κ2) is 4.72. The quantitative estimate of drug-likeness (QED) is 0.843. The zero-order chi connectivity index (χ0) is 12.4. The van der Waals surface area contributed by atoms with E-state index >= 15 is 0 Å². The zero-order valence-electron chi connectivity index (χ0n) is 9.70. The number of nitrogens with zero attached hydrogens (tertiary/aromatic N) is 1. The lowest BCUT2D eigenvalue weighted by atomic mass is 10.0. The Bertz CT molecular complexity index is 529. The second-order valence-corrected chi connectivity index (χ2v) is 4.54. The van der Waals surface area contributed by atoms with E-state index in [0.29, 0.717) is 23.7 Å². The fraction of sp³-hybridized carbons (Fsp3) is 0.231. The van der Waals surface area contributed by atoms with Crippen LogP contribution in [0.2, 0.25) is 5.15 Å². The van der Waals surface area contributed by atoms with Gasteiger partial charge in [-0.3, -0.25) is 4.79 Å². The molecule has 1 aromatic carbocycles. The Morgan fingerprint density at radius 3 is 2.41 bits per heavy atom. The molecule has 0 saturated carbocycles. The Morgan fingerprint density at radius 2 is 1.94 bits per heavy atom. The summed E-state index contributed by atoms with van der Waals surface area (Å²) in [7, 11) is 0. The average molecular weight is 249 g/mol. The minimum atomic E-state index is 0.211. The average Bonchev–Trinajstić information content (AvgIpc) is 2.70. The molecule has 0 radical (unpaired) electrons. The maximum atomic E-state index is 10.7. The van der Waals surface area contributed by atoms with E-state index < -0.39 is 0 Å². The summed E-state index contributed by atoms with van der Waals surface area (Å²) in [4.78, 5) is 17.6. The number of H-pyrrole nitrogens is 1. The molecule has 0 unspecified atom stereocenters. The van der Waals surface area contributed by atoms with Gasteiger partial charge in [0, 0.05) is 5.56 Å². The fourth-order valence-corrected chi connectivity index (χ4v) is 1.78. The highest BCUT2D eigenvalue weighted by Crippen LogP contribution is 2.22. The van der Waals surface area contributed by atoms with Gasteiger partial charge in [-0.25, -0.2) is 4.98 Å². The Kier molecular flexibility index (Phi) is 3.29. The Labute approximate surface area is 105 Å². The molecule has 1 heterocycles. The molecule has 0 aliphatic carbocycles. The highest BCUT2D eigenvalue weighted by Gasteiger charge is 2.09. The Balaban J connectivity index is 2.36. The van der Waals surface area contributed by atoms with Crippen LogP contribution in [0.5, 0.6) is 0 Å². The maximum Gasteiger partial charge on any atom is 0.169 e. The maximum absolute atomic E-state index is 10.7. The van der Waals surface area contributed by atoms with Crippen LogP contribution in [-0.4, -0.2) is 16.3 Å². The number of hydrogen-bond donors (Lipinski definition) is 1. The van der Waals surface area contributed by atoms with Crippen LogP contribution in [0.4, 0.5) is 0 Å². The lowest BCUT2D eigenvalue weighted by molar-refractivity contribution is 0.111. The van der Waals surface area contributed by atoms with Crippen molar-refractivity contribution >= 4 is 17.9 Å². The van der Waals surface area contributed by atoms with Crippen molar-refractivity contribution < 1.29 is 4.79 Å². The molecule has 88 valence electrons. The van der Waals surface area contributed by atoms with E-state index in [1.54, 1.807) is 0 Å². The van der Waals surface area contributed by atoms with Gasteiger partial charge in [-0.2, -0.15) is 0 Å². The molecule has 2 rings (SSSR count). The Hall–Kier alpha value is -1.61. The molecule has 0 spiro atoms. The van der Waals surface area contributed by atoms with E-state index in [2.05, 4.69) is 35.9 Å². The molecule has 0 aliphatic rings. The highest BCUT2D eigenvalue weighted by molar-refractivity contribution is 6.31. The van der Waals surface area contributed by atoms with Gasteiger partial charge in [-0.15, -0.1) is 0 Å². The predicted molar refractivity (Wildman–Crippen MR) is 68.5 cm³/mol. The molecule has 3 nitrogen and oxygen atoms in total. The third kappa shape index (κ3) is 2.39. The molecule has 0 atom stereocenters. The molecule has 17 heavy (non-hydrogen) atoms. The zero-order valence-corrected chi connectivity index (χ0v) is 10.5. The molecule has 0 fully saturated rings. The van der Waals surface area contributed by atoms with Crippen LogP contribution in [0.1, 0.15) is 35.8 Å². The summed E-state index contributed by atoms with van der Waals surface area (Å²) in [5.41, 5.74) is 2.50. The molecule has 1 aromatic heterocycles. The SMILES string of the molecule is CC(C)c1ccc(-c2nc(Cl)c(C=O)[nH]2)cc1. The van der Waals surface area contributed by atoms with Gasteiger partial charge in [-0.1, -0.05) is 49.7 Å². The molecule has 1 N–H and O–H groups in total. The summed E-state index contributed by atoms with van der Waals surface area (Å²) in [6.07, 6.45) is 0.668. The number of carbonyl (C=O) groups is 1.